The minimum Gasteiger partial charge on any atom is -0.386 e. The van der Waals surface area contributed by atoms with Gasteiger partial charge < -0.3 is 20.1 Å². The lowest BCUT2D eigenvalue weighted by atomic mass is 9.77. The first-order valence-corrected chi connectivity index (χ1v) is 8.48. The second kappa shape index (κ2) is 6.38. The minimum atomic E-state index is -0.856. The number of likely N-dealkylation sites (tertiary alicyclic amines) is 1. The average Bonchev–Trinajstić information content (AvgIpc) is 2.57. The third-order valence-corrected chi connectivity index (χ3v) is 5.30. The van der Waals surface area contributed by atoms with Crippen LogP contribution in [0.4, 0.5) is 0 Å². The number of piperidine rings is 1. The molecule has 3 rings (SSSR count). The number of hydrogen-bond acceptors (Lipinski definition) is 6. The number of nitrogens with one attached hydrogen (secondary N) is 1. The number of likely N-dealkylation sites (N-methyl/N-ethyl adjacent to an activating group) is 1. The van der Waals surface area contributed by atoms with E-state index in [2.05, 4.69) is 15.3 Å². The first kappa shape index (κ1) is 17.3. The monoisotopic (exact) mass is 334 g/mol. The SMILES string of the molecule is CN[C@H]1CC2(CCN(C(=O)c3ccnc(C)n3)CC2)OC[C@]1(C)O. The van der Waals surface area contributed by atoms with Crippen molar-refractivity contribution in [2.45, 2.75) is 50.4 Å². The van der Waals surface area contributed by atoms with E-state index in [9.17, 15) is 9.90 Å². The zero-order valence-corrected chi connectivity index (χ0v) is 14.6. The van der Waals surface area contributed by atoms with E-state index in [1.807, 2.05) is 11.9 Å². The second-order valence-corrected chi connectivity index (χ2v) is 7.16. The molecule has 0 aromatic carbocycles. The number of nitrogens with zero attached hydrogens (tertiary/aromatic N) is 3. The van der Waals surface area contributed by atoms with Crippen LogP contribution in [0.1, 0.15) is 42.5 Å². The van der Waals surface area contributed by atoms with E-state index >= 15 is 0 Å². The molecule has 1 aromatic rings. The van der Waals surface area contributed by atoms with Gasteiger partial charge in [0.1, 0.15) is 17.1 Å². The van der Waals surface area contributed by atoms with Crippen molar-refractivity contribution in [3.05, 3.63) is 23.8 Å². The highest BCUT2D eigenvalue weighted by Crippen LogP contribution is 2.38. The van der Waals surface area contributed by atoms with Crippen LogP contribution in [0.25, 0.3) is 0 Å². The molecule has 2 atom stereocenters. The van der Waals surface area contributed by atoms with E-state index in [1.165, 1.54) is 0 Å². The number of amides is 1. The Balaban J connectivity index is 1.64. The van der Waals surface area contributed by atoms with Crippen molar-refractivity contribution < 1.29 is 14.6 Å². The van der Waals surface area contributed by atoms with Gasteiger partial charge in [-0.05, 0) is 46.2 Å². The molecule has 1 amide bonds. The van der Waals surface area contributed by atoms with Crippen LogP contribution in [-0.4, -0.2) is 69.9 Å². The van der Waals surface area contributed by atoms with Crippen molar-refractivity contribution >= 4 is 5.91 Å². The highest BCUT2D eigenvalue weighted by Gasteiger charge is 2.48. The fourth-order valence-corrected chi connectivity index (χ4v) is 3.67. The van der Waals surface area contributed by atoms with Gasteiger partial charge in [-0.15, -0.1) is 0 Å². The van der Waals surface area contributed by atoms with E-state index in [0.29, 0.717) is 31.2 Å². The molecule has 24 heavy (non-hydrogen) atoms. The number of ether oxygens (including phenoxy) is 1. The zero-order valence-electron chi connectivity index (χ0n) is 14.6. The lowest BCUT2D eigenvalue weighted by molar-refractivity contribution is -0.189. The van der Waals surface area contributed by atoms with Gasteiger partial charge in [0.15, 0.2) is 0 Å². The standard InChI is InChI=1S/C17H26N4O3/c1-12-19-7-4-13(20-12)15(22)21-8-5-17(6-9-21)10-14(18-3)16(2,23)11-24-17/h4,7,14,18,23H,5-6,8-11H2,1-3H3/t14-,16-/m0/s1. The van der Waals surface area contributed by atoms with Crippen molar-refractivity contribution in [3.8, 4) is 0 Å². The van der Waals surface area contributed by atoms with Crippen molar-refractivity contribution in [2.24, 2.45) is 0 Å². The summed E-state index contributed by atoms with van der Waals surface area (Å²) in [6.45, 7) is 5.18. The van der Waals surface area contributed by atoms with Gasteiger partial charge in [-0.3, -0.25) is 4.79 Å². The van der Waals surface area contributed by atoms with Crippen molar-refractivity contribution in [1.29, 1.82) is 0 Å². The minimum absolute atomic E-state index is 0.00184. The zero-order chi connectivity index (χ0) is 17.4. The number of hydrogen-bond donors (Lipinski definition) is 2. The summed E-state index contributed by atoms with van der Waals surface area (Å²) < 4.78 is 6.05. The van der Waals surface area contributed by atoms with Gasteiger partial charge in [0.2, 0.25) is 0 Å². The average molecular weight is 334 g/mol. The van der Waals surface area contributed by atoms with E-state index in [4.69, 9.17) is 4.74 Å². The molecule has 2 saturated heterocycles. The Hall–Kier alpha value is -1.57. The molecule has 132 valence electrons. The lowest BCUT2D eigenvalue weighted by Gasteiger charge is -2.50. The quantitative estimate of drug-likeness (QED) is 0.820. The van der Waals surface area contributed by atoms with E-state index in [-0.39, 0.29) is 17.6 Å². The molecule has 2 aliphatic heterocycles. The highest BCUT2D eigenvalue weighted by atomic mass is 16.5. The summed E-state index contributed by atoms with van der Waals surface area (Å²) in [6.07, 6.45) is 3.92. The maximum atomic E-state index is 12.6. The second-order valence-electron chi connectivity index (χ2n) is 7.16. The van der Waals surface area contributed by atoms with E-state index in [1.54, 1.807) is 26.1 Å². The Kier molecular flexibility index (Phi) is 4.59. The van der Waals surface area contributed by atoms with Crippen LogP contribution in [0, 0.1) is 6.92 Å². The lowest BCUT2D eigenvalue weighted by Crippen LogP contribution is -2.62. The fourth-order valence-electron chi connectivity index (χ4n) is 3.67. The molecule has 0 saturated carbocycles. The summed E-state index contributed by atoms with van der Waals surface area (Å²) in [4.78, 5) is 22.7. The molecule has 0 aliphatic carbocycles. The normalized spacial score (nSPS) is 29.7. The van der Waals surface area contributed by atoms with Crippen LogP contribution in [0.5, 0.6) is 0 Å². The molecule has 0 bridgehead atoms. The van der Waals surface area contributed by atoms with Crippen molar-refractivity contribution in [2.75, 3.05) is 26.7 Å². The largest absolute Gasteiger partial charge is 0.386 e. The number of rotatable bonds is 2. The van der Waals surface area contributed by atoms with Crippen LogP contribution in [-0.2, 0) is 4.74 Å². The van der Waals surface area contributed by atoms with E-state index in [0.717, 1.165) is 19.3 Å². The maximum Gasteiger partial charge on any atom is 0.272 e. The van der Waals surface area contributed by atoms with Gasteiger partial charge in [-0.2, -0.15) is 0 Å². The van der Waals surface area contributed by atoms with Gasteiger partial charge in [0, 0.05) is 25.3 Å². The fraction of sp³-hybridized carbons (Fsp3) is 0.706. The van der Waals surface area contributed by atoms with Crippen molar-refractivity contribution in [1.82, 2.24) is 20.2 Å². The van der Waals surface area contributed by atoms with Gasteiger partial charge in [0.05, 0.1) is 12.2 Å². The van der Waals surface area contributed by atoms with Crippen LogP contribution in [0.3, 0.4) is 0 Å². The number of aryl methyl sites for hydroxylation is 1. The molecule has 2 aliphatic rings. The Morgan fingerprint density at radius 1 is 1.46 bits per heavy atom. The van der Waals surface area contributed by atoms with E-state index < -0.39 is 5.60 Å². The van der Waals surface area contributed by atoms with Gasteiger partial charge >= 0.3 is 0 Å². The summed E-state index contributed by atoms with van der Waals surface area (Å²) in [5.41, 5.74) is -0.668. The highest BCUT2D eigenvalue weighted by molar-refractivity contribution is 5.92. The summed E-state index contributed by atoms with van der Waals surface area (Å²) in [5, 5.41) is 13.6. The Bertz CT molecular complexity index is 612. The number of aliphatic hydroxyl groups is 1. The van der Waals surface area contributed by atoms with Crippen LogP contribution >= 0.6 is 0 Å². The third kappa shape index (κ3) is 3.29. The molecule has 2 N–H and O–H groups in total. The summed E-state index contributed by atoms with van der Waals surface area (Å²) in [7, 11) is 1.87. The molecule has 1 aromatic heterocycles. The van der Waals surface area contributed by atoms with Crippen LogP contribution in [0.15, 0.2) is 12.3 Å². The first-order chi connectivity index (χ1) is 11.4. The Morgan fingerprint density at radius 2 is 2.17 bits per heavy atom. The smallest absolute Gasteiger partial charge is 0.272 e. The van der Waals surface area contributed by atoms with Gasteiger partial charge in [-0.1, -0.05) is 0 Å². The molecular formula is C17H26N4O3. The predicted octanol–water partition coefficient (Wildman–Crippen LogP) is 0.519. The maximum absolute atomic E-state index is 12.6. The molecule has 2 fully saturated rings. The molecule has 0 unspecified atom stereocenters. The summed E-state index contributed by atoms with van der Waals surface area (Å²) >= 11 is 0. The van der Waals surface area contributed by atoms with Gasteiger partial charge in [0.25, 0.3) is 5.91 Å². The number of aromatic nitrogens is 2. The number of carbonyl (C=O) groups is 1. The molecule has 3 heterocycles. The number of carbonyl (C=O) groups excluding carboxylic acids is 1. The Labute approximate surface area is 142 Å². The van der Waals surface area contributed by atoms with Gasteiger partial charge in [-0.25, -0.2) is 9.97 Å². The van der Waals surface area contributed by atoms with Crippen LogP contribution in [0.2, 0.25) is 0 Å². The summed E-state index contributed by atoms with van der Waals surface area (Å²) in [5.74, 6) is 0.548. The molecule has 7 nitrogen and oxygen atoms in total. The molecular weight excluding hydrogens is 308 g/mol. The van der Waals surface area contributed by atoms with Crippen molar-refractivity contribution in [3.63, 3.8) is 0 Å². The summed E-state index contributed by atoms with van der Waals surface area (Å²) in [6, 6.07) is 1.66. The molecule has 1 spiro atoms. The van der Waals surface area contributed by atoms with Crippen LogP contribution < -0.4 is 5.32 Å². The first-order valence-electron chi connectivity index (χ1n) is 8.48. The molecule has 7 heteroatoms. The topological polar surface area (TPSA) is 87.6 Å². The third-order valence-electron chi connectivity index (χ3n) is 5.30. The Morgan fingerprint density at radius 3 is 2.79 bits per heavy atom. The predicted molar refractivity (Wildman–Crippen MR) is 88.7 cm³/mol. The molecule has 0 radical (unpaired) electrons.